The minimum atomic E-state index is 0.949. The quantitative estimate of drug-likeness (QED) is 0.753. The number of benzene rings is 1. The number of rotatable bonds is 4. The highest BCUT2D eigenvalue weighted by Gasteiger charge is 2.04. The molecule has 2 rings (SSSR count). The van der Waals surface area contributed by atoms with Gasteiger partial charge in [0.15, 0.2) is 0 Å². The van der Waals surface area contributed by atoms with E-state index in [1.165, 1.54) is 16.8 Å². The molecule has 0 fully saturated rings. The average Bonchev–Trinajstić information content (AvgIpc) is 2.78. The summed E-state index contributed by atoms with van der Waals surface area (Å²) in [4.78, 5) is 3.28. The molecule has 2 nitrogen and oxygen atoms in total. The minimum Gasteiger partial charge on any atom is -0.247 e. The summed E-state index contributed by atoms with van der Waals surface area (Å²) in [7, 11) is 0. The van der Waals surface area contributed by atoms with Crippen molar-refractivity contribution in [2.45, 2.75) is 19.9 Å². The second-order valence-electron chi connectivity index (χ2n) is 3.88. The first-order valence-corrected chi connectivity index (χ1v) is 5.59. The highest BCUT2D eigenvalue weighted by molar-refractivity contribution is 5.47. The fraction of sp³-hybridized carbons (Fsp3) is 0.214. The SMILES string of the molecule is C=Cc1ccc(Cc2c[n+](CC)c[nH]2)cc1. The summed E-state index contributed by atoms with van der Waals surface area (Å²) in [5.41, 5.74) is 3.72. The monoisotopic (exact) mass is 213 g/mol. The van der Waals surface area contributed by atoms with Gasteiger partial charge in [0.1, 0.15) is 11.9 Å². The van der Waals surface area contributed by atoms with Crippen LogP contribution in [0.25, 0.3) is 6.08 Å². The molecular weight excluding hydrogens is 196 g/mol. The predicted molar refractivity (Wildman–Crippen MR) is 66.0 cm³/mol. The van der Waals surface area contributed by atoms with Crippen LogP contribution in [0, 0.1) is 0 Å². The van der Waals surface area contributed by atoms with Crippen molar-refractivity contribution < 1.29 is 4.57 Å². The largest absolute Gasteiger partial charge is 0.247 e. The van der Waals surface area contributed by atoms with Gasteiger partial charge in [0.05, 0.1) is 6.54 Å². The van der Waals surface area contributed by atoms with E-state index in [4.69, 9.17) is 0 Å². The lowest BCUT2D eigenvalue weighted by molar-refractivity contribution is -0.692. The Bertz CT molecular complexity index is 466. The molecule has 1 aromatic heterocycles. The molecule has 0 saturated heterocycles. The van der Waals surface area contributed by atoms with Gasteiger partial charge in [0, 0.05) is 6.42 Å². The van der Waals surface area contributed by atoms with Gasteiger partial charge < -0.3 is 0 Å². The van der Waals surface area contributed by atoms with E-state index in [-0.39, 0.29) is 0 Å². The number of H-pyrrole nitrogens is 1. The number of nitrogens with one attached hydrogen (secondary N) is 1. The van der Waals surface area contributed by atoms with Crippen molar-refractivity contribution in [1.29, 1.82) is 0 Å². The zero-order chi connectivity index (χ0) is 11.4. The molecule has 16 heavy (non-hydrogen) atoms. The summed E-state index contributed by atoms with van der Waals surface area (Å²) in [6, 6.07) is 8.49. The van der Waals surface area contributed by atoms with Crippen molar-refractivity contribution in [3.63, 3.8) is 0 Å². The van der Waals surface area contributed by atoms with Crippen molar-refractivity contribution in [3.8, 4) is 0 Å². The second kappa shape index (κ2) is 4.79. The molecule has 0 atom stereocenters. The summed E-state index contributed by atoms with van der Waals surface area (Å²) >= 11 is 0. The lowest BCUT2D eigenvalue weighted by Gasteiger charge is -1.97. The smallest absolute Gasteiger partial charge is 0.241 e. The molecule has 0 aliphatic heterocycles. The molecule has 82 valence electrons. The van der Waals surface area contributed by atoms with Crippen LogP contribution in [0.5, 0.6) is 0 Å². The van der Waals surface area contributed by atoms with Crippen molar-refractivity contribution in [3.05, 3.63) is 60.2 Å². The number of aryl methyl sites for hydroxylation is 1. The molecule has 0 aliphatic rings. The van der Waals surface area contributed by atoms with Crippen molar-refractivity contribution in [1.82, 2.24) is 4.98 Å². The van der Waals surface area contributed by atoms with Gasteiger partial charge in [-0.1, -0.05) is 36.9 Å². The topological polar surface area (TPSA) is 19.7 Å². The molecular formula is C14H17N2+. The highest BCUT2D eigenvalue weighted by atomic mass is 15.0. The maximum atomic E-state index is 3.75. The van der Waals surface area contributed by atoms with Crippen LogP contribution < -0.4 is 4.57 Å². The summed E-state index contributed by atoms with van der Waals surface area (Å²) in [5, 5.41) is 0. The van der Waals surface area contributed by atoms with Gasteiger partial charge in [-0.3, -0.25) is 0 Å². The van der Waals surface area contributed by atoms with Crippen LogP contribution in [-0.2, 0) is 13.0 Å². The standard InChI is InChI=1S/C14H16N2/c1-3-12-5-7-13(8-6-12)9-14-10-16(4-2)11-15-14/h3,5-8,10-11H,1,4,9H2,2H3/p+1. The van der Waals surface area contributed by atoms with Crippen LogP contribution in [0.2, 0.25) is 0 Å². The number of hydrogen-bond donors (Lipinski definition) is 1. The number of nitrogens with zero attached hydrogens (tertiary/aromatic N) is 1. The van der Waals surface area contributed by atoms with E-state index in [9.17, 15) is 0 Å². The van der Waals surface area contributed by atoms with E-state index < -0.39 is 0 Å². The van der Waals surface area contributed by atoms with Crippen LogP contribution in [0.3, 0.4) is 0 Å². The molecule has 1 N–H and O–H groups in total. The summed E-state index contributed by atoms with van der Waals surface area (Å²) in [5.74, 6) is 0. The lowest BCUT2D eigenvalue weighted by Crippen LogP contribution is -2.28. The van der Waals surface area contributed by atoms with Gasteiger partial charge in [0.25, 0.3) is 0 Å². The molecule has 0 radical (unpaired) electrons. The molecule has 2 heteroatoms. The first kappa shape index (κ1) is 10.7. The van der Waals surface area contributed by atoms with Crippen molar-refractivity contribution >= 4 is 6.08 Å². The molecule has 0 aliphatic carbocycles. The Hall–Kier alpha value is -1.83. The molecule has 0 spiro atoms. The Morgan fingerprint density at radius 2 is 2.06 bits per heavy atom. The third-order valence-corrected chi connectivity index (χ3v) is 2.71. The van der Waals surface area contributed by atoms with Crippen LogP contribution in [0.15, 0.2) is 43.4 Å². The Balaban J connectivity index is 2.10. The maximum Gasteiger partial charge on any atom is 0.241 e. The highest BCUT2D eigenvalue weighted by Crippen LogP contribution is 2.09. The van der Waals surface area contributed by atoms with Crippen molar-refractivity contribution in [2.75, 3.05) is 0 Å². The Morgan fingerprint density at radius 3 is 2.62 bits per heavy atom. The fourth-order valence-electron chi connectivity index (χ4n) is 1.71. The van der Waals surface area contributed by atoms with E-state index in [0.29, 0.717) is 0 Å². The Morgan fingerprint density at radius 1 is 1.31 bits per heavy atom. The van der Waals surface area contributed by atoms with Gasteiger partial charge in [-0.15, -0.1) is 0 Å². The first-order valence-electron chi connectivity index (χ1n) is 5.59. The Kier molecular flexibility index (Phi) is 3.20. The van der Waals surface area contributed by atoms with E-state index in [1.807, 2.05) is 12.4 Å². The van der Waals surface area contributed by atoms with E-state index >= 15 is 0 Å². The van der Waals surface area contributed by atoms with Crippen LogP contribution in [-0.4, -0.2) is 4.98 Å². The Labute approximate surface area is 96.3 Å². The van der Waals surface area contributed by atoms with E-state index in [0.717, 1.165) is 13.0 Å². The third-order valence-electron chi connectivity index (χ3n) is 2.71. The van der Waals surface area contributed by atoms with Gasteiger partial charge in [-0.05, 0) is 18.1 Å². The number of imidazole rings is 1. The number of aromatic nitrogens is 2. The molecule has 1 aromatic carbocycles. The zero-order valence-electron chi connectivity index (χ0n) is 9.61. The van der Waals surface area contributed by atoms with Gasteiger partial charge >= 0.3 is 0 Å². The minimum absolute atomic E-state index is 0.949. The third kappa shape index (κ3) is 2.40. The molecule has 2 aromatic rings. The van der Waals surface area contributed by atoms with Gasteiger partial charge in [-0.25, -0.2) is 9.55 Å². The van der Waals surface area contributed by atoms with E-state index in [1.54, 1.807) is 0 Å². The second-order valence-corrected chi connectivity index (χ2v) is 3.88. The molecule has 1 heterocycles. The predicted octanol–water partition coefficient (Wildman–Crippen LogP) is 2.56. The average molecular weight is 213 g/mol. The number of aromatic amines is 1. The first-order chi connectivity index (χ1) is 7.81. The number of hydrogen-bond acceptors (Lipinski definition) is 0. The molecule has 0 unspecified atom stereocenters. The van der Waals surface area contributed by atoms with Gasteiger partial charge in [0.2, 0.25) is 6.33 Å². The van der Waals surface area contributed by atoms with Crippen LogP contribution in [0.4, 0.5) is 0 Å². The molecule has 0 saturated carbocycles. The van der Waals surface area contributed by atoms with Crippen molar-refractivity contribution in [2.24, 2.45) is 0 Å². The summed E-state index contributed by atoms with van der Waals surface area (Å²) < 4.78 is 2.15. The molecule has 0 bridgehead atoms. The zero-order valence-corrected chi connectivity index (χ0v) is 9.61. The fourth-order valence-corrected chi connectivity index (χ4v) is 1.71. The summed E-state index contributed by atoms with van der Waals surface area (Å²) in [6.45, 7) is 6.89. The van der Waals surface area contributed by atoms with Crippen LogP contribution in [0.1, 0.15) is 23.7 Å². The van der Waals surface area contributed by atoms with Gasteiger partial charge in [-0.2, -0.15) is 0 Å². The summed E-state index contributed by atoms with van der Waals surface area (Å²) in [6.07, 6.45) is 6.97. The lowest BCUT2D eigenvalue weighted by atomic mass is 10.1. The molecule has 0 amide bonds. The van der Waals surface area contributed by atoms with Crippen LogP contribution >= 0.6 is 0 Å². The normalized spacial score (nSPS) is 10.3. The maximum absolute atomic E-state index is 3.75. The van der Waals surface area contributed by atoms with E-state index in [2.05, 4.69) is 53.5 Å².